The van der Waals surface area contributed by atoms with Crippen LogP contribution in [0.4, 0.5) is 0 Å². The van der Waals surface area contributed by atoms with Crippen LogP contribution in [-0.4, -0.2) is 25.2 Å². The van der Waals surface area contributed by atoms with Gasteiger partial charge in [-0.3, -0.25) is 9.59 Å². The number of hydrogen-bond acceptors (Lipinski definition) is 4. The highest BCUT2D eigenvalue weighted by atomic mass is 16.5. The minimum absolute atomic E-state index is 0.205. The molecule has 0 aliphatic carbocycles. The van der Waals surface area contributed by atoms with Crippen LogP contribution in [0.1, 0.15) is 104 Å². The van der Waals surface area contributed by atoms with E-state index in [1.165, 1.54) is 44.9 Å². The minimum atomic E-state index is -0.235. The fourth-order valence-corrected chi connectivity index (χ4v) is 2.65. The first-order valence-electron chi connectivity index (χ1n) is 10.7. The zero-order valence-electron chi connectivity index (χ0n) is 17.1. The Morgan fingerprint density at radius 2 is 1.19 bits per heavy atom. The number of rotatable bonds is 18. The summed E-state index contributed by atoms with van der Waals surface area (Å²) >= 11 is 0. The van der Waals surface area contributed by atoms with E-state index in [1.54, 1.807) is 0 Å². The Morgan fingerprint density at radius 1 is 0.654 bits per heavy atom. The summed E-state index contributed by atoms with van der Waals surface area (Å²) in [4.78, 5) is 23.1. The smallest absolute Gasteiger partial charge is 0.305 e. The molecular weight excluding hydrogens is 328 g/mol. The van der Waals surface area contributed by atoms with Crippen molar-refractivity contribution < 1.29 is 19.1 Å². The molecule has 0 bridgehead atoms. The van der Waals surface area contributed by atoms with E-state index in [4.69, 9.17) is 9.47 Å². The average Bonchev–Trinajstić information content (AvgIpc) is 2.63. The van der Waals surface area contributed by atoms with Crippen molar-refractivity contribution in [3.05, 3.63) is 12.2 Å². The molecule has 0 N–H and O–H groups in total. The zero-order valence-corrected chi connectivity index (χ0v) is 17.1. The summed E-state index contributed by atoms with van der Waals surface area (Å²) < 4.78 is 10.3. The van der Waals surface area contributed by atoms with Crippen LogP contribution in [0.5, 0.6) is 0 Å². The molecule has 0 amide bonds. The topological polar surface area (TPSA) is 52.6 Å². The summed E-state index contributed by atoms with van der Waals surface area (Å²) in [6.45, 7) is 5.22. The Morgan fingerprint density at radius 3 is 1.77 bits per heavy atom. The lowest BCUT2D eigenvalue weighted by Gasteiger charge is -2.05. The lowest BCUT2D eigenvalue weighted by Crippen LogP contribution is -2.09. The summed E-state index contributed by atoms with van der Waals surface area (Å²) in [5.41, 5.74) is 0. The molecule has 152 valence electrons. The van der Waals surface area contributed by atoms with Gasteiger partial charge in [0.05, 0.1) is 13.2 Å². The van der Waals surface area contributed by atoms with Crippen LogP contribution < -0.4 is 0 Å². The maximum absolute atomic E-state index is 11.6. The summed E-state index contributed by atoms with van der Waals surface area (Å²) in [6.07, 6.45) is 18.1. The fraction of sp³-hybridized carbons (Fsp3) is 0.818. The second-order valence-electron chi connectivity index (χ2n) is 6.79. The van der Waals surface area contributed by atoms with E-state index in [2.05, 4.69) is 19.9 Å². The van der Waals surface area contributed by atoms with Crippen LogP contribution in [-0.2, 0) is 19.1 Å². The quantitative estimate of drug-likeness (QED) is 0.166. The molecule has 0 saturated carbocycles. The second-order valence-corrected chi connectivity index (χ2v) is 6.79. The van der Waals surface area contributed by atoms with Gasteiger partial charge in [-0.05, 0) is 25.7 Å². The van der Waals surface area contributed by atoms with E-state index in [0.717, 1.165) is 25.7 Å². The van der Waals surface area contributed by atoms with Gasteiger partial charge in [-0.25, -0.2) is 0 Å². The number of carbonyl (C=O) groups excluding carboxylic acids is 2. The molecule has 26 heavy (non-hydrogen) atoms. The van der Waals surface area contributed by atoms with E-state index in [0.29, 0.717) is 26.1 Å². The largest absolute Gasteiger partial charge is 0.466 e. The molecule has 0 radical (unpaired) electrons. The van der Waals surface area contributed by atoms with Crippen molar-refractivity contribution in [1.82, 2.24) is 0 Å². The number of allylic oxidation sites excluding steroid dienone is 1. The third kappa shape index (κ3) is 19.0. The average molecular weight is 369 g/mol. The molecule has 0 heterocycles. The summed E-state index contributed by atoms with van der Waals surface area (Å²) in [6, 6.07) is 0. The van der Waals surface area contributed by atoms with Crippen LogP contribution in [0.15, 0.2) is 12.2 Å². The third-order valence-electron chi connectivity index (χ3n) is 4.22. The van der Waals surface area contributed by atoms with Gasteiger partial charge in [0.15, 0.2) is 0 Å². The fourth-order valence-electron chi connectivity index (χ4n) is 2.65. The summed E-state index contributed by atoms with van der Waals surface area (Å²) in [5, 5.41) is 0. The van der Waals surface area contributed by atoms with E-state index in [9.17, 15) is 9.59 Å². The van der Waals surface area contributed by atoms with E-state index >= 15 is 0 Å². The first kappa shape index (κ1) is 24.7. The van der Waals surface area contributed by atoms with Crippen LogP contribution in [0.25, 0.3) is 0 Å². The van der Waals surface area contributed by atoms with E-state index < -0.39 is 0 Å². The zero-order chi connectivity index (χ0) is 19.3. The maximum atomic E-state index is 11.6. The number of unbranched alkanes of at least 4 members (excludes halogenated alkanes) is 8. The number of carbonyl (C=O) groups is 2. The molecule has 0 fully saturated rings. The number of ether oxygens (including phenoxy) is 2. The van der Waals surface area contributed by atoms with Crippen molar-refractivity contribution in [3.63, 3.8) is 0 Å². The molecule has 0 atom stereocenters. The highest BCUT2D eigenvalue weighted by molar-refractivity contribution is 5.72. The SMILES string of the molecule is CC/C=C/CCOC(=O)CCCC(=O)OCCCCCCCCCCC. The molecule has 0 aromatic rings. The standard InChI is InChI=1S/C22H40O4/c1-3-5-7-9-10-11-12-13-15-20-26-22(24)18-16-17-21(23)25-19-14-8-6-4-2/h6,8H,3-5,7,9-20H2,1-2H3/b8-6+. The highest BCUT2D eigenvalue weighted by Crippen LogP contribution is 2.09. The molecule has 0 aliphatic heterocycles. The lowest BCUT2D eigenvalue weighted by atomic mass is 10.1. The monoisotopic (exact) mass is 368 g/mol. The normalized spacial score (nSPS) is 11.0. The Bertz CT molecular complexity index is 363. The summed E-state index contributed by atoms with van der Waals surface area (Å²) in [5.74, 6) is -0.440. The molecule has 0 rings (SSSR count). The van der Waals surface area contributed by atoms with Gasteiger partial charge < -0.3 is 9.47 Å². The van der Waals surface area contributed by atoms with Gasteiger partial charge in [-0.1, -0.05) is 77.4 Å². The highest BCUT2D eigenvalue weighted by Gasteiger charge is 2.07. The van der Waals surface area contributed by atoms with Crippen molar-refractivity contribution in [2.45, 2.75) is 104 Å². The molecule has 0 aliphatic rings. The molecule has 0 aromatic carbocycles. The minimum Gasteiger partial charge on any atom is -0.466 e. The Kier molecular flexibility index (Phi) is 19.0. The van der Waals surface area contributed by atoms with Gasteiger partial charge in [0.25, 0.3) is 0 Å². The van der Waals surface area contributed by atoms with Crippen molar-refractivity contribution in [1.29, 1.82) is 0 Å². The Labute approximate surface area is 160 Å². The third-order valence-corrected chi connectivity index (χ3v) is 4.22. The second kappa shape index (κ2) is 20.0. The van der Waals surface area contributed by atoms with Crippen LogP contribution in [0, 0.1) is 0 Å². The Hall–Kier alpha value is -1.32. The van der Waals surface area contributed by atoms with Gasteiger partial charge in [-0.15, -0.1) is 0 Å². The van der Waals surface area contributed by atoms with E-state index in [-0.39, 0.29) is 18.4 Å². The molecule has 4 nitrogen and oxygen atoms in total. The predicted molar refractivity (Wildman–Crippen MR) is 107 cm³/mol. The van der Waals surface area contributed by atoms with Gasteiger partial charge in [0, 0.05) is 12.8 Å². The molecule has 0 aromatic heterocycles. The first-order chi connectivity index (χ1) is 12.7. The van der Waals surface area contributed by atoms with Crippen molar-refractivity contribution in [3.8, 4) is 0 Å². The molecule has 0 saturated heterocycles. The van der Waals surface area contributed by atoms with Gasteiger partial charge in [0.1, 0.15) is 0 Å². The Balaban J connectivity index is 3.33. The molecular formula is C22H40O4. The van der Waals surface area contributed by atoms with Crippen molar-refractivity contribution in [2.24, 2.45) is 0 Å². The van der Waals surface area contributed by atoms with Crippen molar-refractivity contribution >= 4 is 11.9 Å². The van der Waals surface area contributed by atoms with Gasteiger partial charge in [0.2, 0.25) is 0 Å². The summed E-state index contributed by atoms with van der Waals surface area (Å²) in [7, 11) is 0. The first-order valence-corrected chi connectivity index (χ1v) is 10.7. The lowest BCUT2D eigenvalue weighted by molar-refractivity contribution is -0.145. The van der Waals surface area contributed by atoms with Crippen LogP contribution in [0.3, 0.4) is 0 Å². The number of esters is 2. The number of hydrogen-bond donors (Lipinski definition) is 0. The van der Waals surface area contributed by atoms with Gasteiger partial charge in [-0.2, -0.15) is 0 Å². The van der Waals surface area contributed by atoms with Crippen molar-refractivity contribution in [2.75, 3.05) is 13.2 Å². The molecule has 0 unspecified atom stereocenters. The van der Waals surface area contributed by atoms with E-state index in [1.807, 2.05) is 6.08 Å². The molecule has 0 spiro atoms. The van der Waals surface area contributed by atoms with Crippen LogP contribution in [0.2, 0.25) is 0 Å². The van der Waals surface area contributed by atoms with Crippen LogP contribution >= 0.6 is 0 Å². The maximum Gasteiger partial charge on any atom is 0.305 e. The molecule has 4 heteroatoms. The van der Waals surface area contributed by atoms with Gasteiger partial charge >= 0.3 is 11.9 Å². The predicted octanol–water partition coefficient (Wildman–Crippen LogP) is 6.13.